The van der Waals surface area contributed by atoms with Crippen molar-refractivity contribution in [2.24, 2.45) is 0 Å². The molecule has 0 saturated carbocycles. The summed E-state index contributed by atoms with van der Waals surface area (Å²) in [6, 6.07) is 9.02. The lowest BCUT2D eigenvalue weighted by Gasteiger charge is -2.20. The van der Waals surface area contributed by atoms with Crippen LogP contribution < -0.4 is 9.47 Å². The van der Waals surface area contributed by atoms with Gasteiger partial charge in [0.25, 0.3) is 0 Å². The Hall–Kier alpha value is -3.74. The van der Waals surface area contributed by atoms with Crippen LogP contribution in [0.2, 0.25) is 0 Å². The van der Waals surface area contributed by atoms with Gasteiger partial charge in [-0.1, -0.05) is 18.2 Å². The smallest absolute Gasteiger partial charge is 0.448 e. The Balaban J connectivity index is 1.33. The van der Waals surface area contributed by atoms with Gasteiger partial charge in [0, 0.05) is 16.9 Å². The minimum absolute atomic E-state index is 0.0701. The normalized spacial score (nSPS) is 15.8. The maximum absolute atomic E-state index is 12.2. The van der Waals surface area contributed by atoms with Crippen molar-refractivity contribution in [3.63, 3.8) is 0 Å². The molecule has 3 heterocycles. The number of pyridine rings is 1. The highest BCUT2D eigenvalue weighted by molar-refractivity contribution is 5.63. The molecular weight excluding hydrogens is 423 g/mol. The first-order valence-corrected chi connectivity index (χ1v) is 8.91. The van der Waals surface area contributed by atoms with Gasteiger partial charge in [0.15, 0.2) is 0 Å². The van der Waals surface area contributed by atoms with Crippen LogP contribution in [-0.4, -0.2) is 43.7 Å². The van der Waals surface area contributed by atoms with Gasteiger partial charge in [-0.25, -0.2) is 0 Å². The van der Waals surface area contributed by atoms with Crippen LogP contribution in [0.25, 0.3) is 11.1 Å². The summed E-state index contributed by atoms with van der Waals surface area (Å²) < 4.78 is 52.9. The molecule has 31 heavy (non-hydrogen) atoms. The number of hydrogen-bond donors (Lipinski definition) is 0. The van der Waals surface area contributed by atoms with Crippen molar-refractivity contribution in [1.82, 2.24) is 19.7 Å². The second kappa shape index (κ2) is 8.18. The van der Waals surface area contributed by atoms with Crippen molar-refractivity contribution in [1.29, 1.82) is 0 Å². The summed E-state index contributed by atoms with van der Waals surface area (Å²) in [5.41, 5.74) is 2.01. The van der Waals surface area contributed by atoms with E-state index in [0.717, 1.165) is 0 Å². The van der Waals surface area contributed by atoms with E-state index >= 15 is 0 Å². The first-order valence-electron chi connectivity index (χ1n) is 8.91. The van der Waals surface area contributed by atoms with Crippen LogP contribution in [0.5, 0.6) is 11.8 Å². The largest absolute Gasteiger partial charge is 0.573 e. The molecule has 2 aromatic heterocycles. The first-order chi connectivity index (χ1) is 14.8. The SMILES string of the molecule is O=[N+]([O-])c1nc2n(n1)CC(OCc1ccc(-c3ccc(OC(F)(F)F)cc3)cn1)CO2. The second-order valence-electron chi connectivity index (χ2n) is 6.49. The van der Waals surface area contributed by atoms with Gasteiger partial charge in [-0.3, -0.25) is 4.98 Å². The summed E-state index contributed by atoms with van der Waals surface area (Å²) in [6.07, 6.45) is -3.55. The molecule has 0 aliphatic carbocycles. The lowest BCUT2D eigenvalue weighted by molar-refractivity contribution is -0.394. The highest BCUT2D eigenvalue weighted by Gasteiger charge is 2.31. The molecule has 1 aliphatic rings. The molecule has 1 aromatic carbocycles. The number of fused-ring (bicyclic) bond motifs is 1. The fraction of sp³-hybridized carbons (Fsp3) is 0.278. The standard InChI is InChI=1S/C18H14F3N5O5/c19-18(20,21)31-14-5-2-11(3-6-14)12-1-4-13(22-7-12)9-29-15-8-25-17(30-10-15)23-16(24-25)26(27)28/h1-7,15H,8-10H2. The molecule has 1 atom stereocenters. The van der Waals surface area contributed by atoms with Gasteiger partial charge in [-0.2, -0.15) is 0 Å². The van der Waals surface area contributed by atoms with E-state index in [1.807, 2.05) is 0 Å². The van der Waals surface area contributed by atoms with Crippen LogP contribution >= 0.6 is 0 Å². The second-order valence-corrected chi connectivity index (χ2v) is 6.49. The number of alkyl halides is 3. The van der Waals surface area contributed by atoms with Crippen LogP contribution in [0.3, 0.4) is 0 Å². The van der Waals surface area contributed by atoms with E-state index in [1.54, 1.807) is 18.3 Å². The highest BCUT2D eigenvalue weighted by atomic mass is 19.4. The average Bonchev–Trinajstić information content (AvgIpc) is 3.16. The zero-order valence-corrected chi connectivity index (χ0v) is 15.7. The predicted octanol–water partition coefficient (Wildman–Crippen LogP) is 3.12. The van der Waals surface area contributed by atoms with E-state index < -0.39 is 23.3 Å². The lowest BCUT2D eigenvalue weighted by Crippen LogP contribution is -2.32. The van der Waals surface area contributed by atoms with Crippen molar-refractivity contribution in [3.8, 4) is 22.9 Å². The van der Waals surface area contributed by atoms with Gasteiger partial charge in [0.1, 0.15) is 18.5 Å². The molecule has 0 radical (unpaired) electrons. The third kappa shape index (κ3) is 5.06. The Morgan fingerprint density at radius 1 is 1.19 bits per heavy atom. The van der Waals surface area contributed by atoms with Crippen LogP contribution in [0.1, 0.15) is 5.69 Å². The third-order valence-electron chi connectivity index (χ3n) is 4.28. The average molecular weight is 437 g/mol. The molecule has 0 bridgehead atoms. The van der Waals surface area contributed by atoms with Crippen molar-refractivity contribution in [3.05, 3.63) is 58.4 Å². The number of benzene rings is 1. The third-order valence-corrected chi connectivity index (χ3v) is 4.28. The molecule has 3 aromatic rings. The quantitative estimate of drug-likeness (QED) is 0.427. The molecule has 13 heteroatoms. The van der Waals surface area contributed by atoms with Gasteiger partial charge in [0.05, 0.1) is 18.8 Å². The molecule has 10 nitrogen and oxygen atoms in total. The van der Waals surface area contributed by atoms with Crippen molar-refractivity contribution in [2.45, 2.75) is 25.6 Å². The lowest BCUT2D eigenvalue weighted by atomic mass is 10.1. The number of halogens is 3. The zero-order chi connectivity index (χ0) is 22.0. The maximum atomic E-state index is 12.2. The zero-order valence-electron chi connectivity index (χ0n) is 15.7. The van der Waals surface area contributed by atoms with Crippen molar-refractivity contribution in [2.75, 3.05) is 6.61 Å². The van der Waals surface area contributed by atoms with E-state index in [-0.39, 0.29) is 31.5 Å². The summed E-state index contributed by atoms with van der Waals surface area (Å²) >= 11 is 0. The van der Waals surface area contributed by atoms with Crippen LogP contribution in [0, 0.1) is 10.1 Å². The Labute approximate surface area is 172 Å². The van der Waals surface area contributed by atoms with Gasteiger partial charge < -0.3 is 24.3 Å². The molecule has 0 spiro atoms. The molecule has 0 fully saturated rings. The van der Waals surface area contributed by atoms with Crippen molar-refractivity contribution < 1.29 is 32.3 Å². The van der Waals surface area contributed by atoms with Crippen molar-refractivity contribution >= 4 is 5.95 Å². The summed E-state index contributed by atoms with van der Waals surface area (Å²) in [7, 11) is 0. The molecule has 0 amide bonds. The van der Waals surface area contributed by atoms with E-state index in [0.29, 0.717) is 16.8 Å². The summed E-state index contributed by atoms with van der Waals surface area (Å²) in [4.78, 5) is 18.0. The van der Waals surface area contributed by atoms with Crippen LogP contribution in [0.4, 0.5) is 19.1 Å². The summed E-state index contributed by atoms with van der Waals surface area (Å²) in [6.45, 7) is 0.583. The predicted molar refractivity (Wildman–Crippen MR) is 97.1 cm³/mol. The van der Waals surface area contributed by atoms with E-state index in [9.17, 15) is 23.3 Å². The first kappa shape index (κ1) is 20.5. The monoisotopic (exact) mass is 437 g/mol. The number of nitro groups is 1. The summed E-state index contributed by atoms with van der Waals surface area (Å²) in [5.74, 6) is -0.837. The molecule has 4 rings (SSSR count). The molecule has 1 aliphatic heterocycles. The molecule has 1 unspecified atom stereocenters. The van der Waals surface area contributed by atoms with Crippen LogP contribution in [-0.2, 0) is 17.9 Å². The fourth-order valence-electron chi connectivity index (χ4n) is 2.87. The number of nitrogens with zero attached hydrogens (tertiary/aromatic N) is 5. The summed E-state index contributed by atoms with van der Waals surface area (Å²) in [5, 5.41) is 14.5. The van der Waals surface area contributed by atoms with E-state index in [1.165, 1.54) is 28.9 Å². The van der Waals surface area contributed by atoms with Gasteiger partial charge in [-0.05, 0) is 33.7 Å². The number of aromatic nitrogens is 4. The van der Waals surface area contributed by atoms with Crippen LogP contribution in [0.15, 0.2) is 42.6 Å². The number of rotatable bonds is 6. The van der Waals surface area contributed by atoms with Gasteiger partial charge in [-0.15, -0.1) is 17.9 Å². The number of ether oxygens (including phenoxy) is 3. The molecular formula is C18H14F3N5O5. The minimum Gasteiger partial charge on any atom is -0.448 e. The Kier molecular flexibility index (Phi) is 5.42. The maximum Gasteiger partial charge on any atom is 0.573 e. The Morgan fingerprint density at radius 2 is 1.94 bits per heavy atom. The highest BCUT2D eigenvalue weighted by Crippen LogP contribution is 2.26. The molecule has 0 saturated heterocycles. The van der Waals surface area contributed by atoms with E-state index in [2.05, 4.69) is 19.8 Å². The van der Waals surface area contributed by atoms with E-state index in [4.69, 9.17) is 9.47 Å². The fourth-order valence-corrected chi connectivity index (χ4v) is 2.87. The molecule has 0 N–H and O–H groups in total. The minimum atomic E-state index is -4.74. The Morgan fingerprint density at radius 3 is 2.58 bits per heavy atom. The van der Waals surface area contributed by atoms with Gasteiger partial charge >= 0.3 is 18.3 Å². The van der Waals surface area contributed by atoms with Gasteiger partial charge in [0.2, 0.25) is 0 Å². The molecule has 162 valence electrons. The Bertz CT molecular complexity index is 1070. The topological polar surface area (TPSA) is 114 Å². The number of hydrogen-bond acceptors (Lipinski definition) is 8.